The number of aromatic nitrogens is 1. The maximum Gasteiger partial charge on any atom is 0.0972 e. The van der Waals surface area contributed by atoms with Gasteiger partial charge in [-0.25, -0.2) is 0 Å². The maximum absolute atomic E-state index is 9.54. The molecule has 0 bridgehead atoms. The summed E-state index contributed by atoms with van der Waals surface area (Å²) in [6, 6.07) is 1.95. The second-order valence-corrected chi connectivity index (χ2v) is 4.06. The van der Waals surface area contributed by atoms with Gasteiger partial charge in [-0.1, -0.05) is 0 Å². The highest BCUT2D eigenvalue weighted by Gasteiger charge is 2.17. The van der Waals surface area contributed by atoms with Crippen molar-refractivity contribution in [3.05, 3.63) is 29.6 Å². The Morgan fingerprint density at radius 3 is 2.87 bits per heavy atom. The van der Waals surface area contributed by atoms with E-state index in [2.05, 4.69) is 10.3 Å². The van der Waals surface area contributed by atoms with Crippen LogP contribution >= 0.6 is 0 Å². The van der Waals surface area contributed by atoms with Crippen LogP contribution in [0.3, 0.4) is 0 Å². The number of rotatable bonds is 5. The average molecular weight is 210 g/mol. The monoisotopic (exact) mass is 210 g/mol. The minimum absolute atomic E-state index is 0.244. The van der Waals surface area contributed by atoms with Gasteiger partial charge in [0.05, 0.1) is 12.2 Å². The molecule has 0 aromatic carbocycles. The van der Waals surface area contributed by atoms with Crippen molar-refractivity contribution in [3.63, 3.8) is 0 Å². The first-order valence-corrected chi connectivity index (χ1v) is 4.98. The Bertz CT molecular complexity index is 313. The normalized spacial score (nSPS) is 14.9. The maximum atomic E-state index is 9.54. The minimum Gasteiger partial charge on any atom is -0.393 e. The second-order valence-electron chi connectivity index (χ2n) is 4.06. The summed E-state index contributed by atoms with van der Waals surface area (Å²) < 4.78 is 0. The van der Waals surface area contributed by atoms with Gasteiger partial charge in [0.15, 0.2) is 0 Å². The average Bonchev–Trinajstić information content (AvgIpc) is 2.21. The molecule has 0 amide bonds. The van der Waals surface area contributed by atoms with Crippen LogP contribution in [0.1, 0.15) is 18.1 Å². The van der Waals surface area contributed by atoms with Crippen LogP contribution < -0.4 is 5.32 Å². The zero-order chi connectivity index (χ0) is 11.3. The van der Waals surface area contributed by atoms with E-state index in [9.17, 15) is 5.11 Å². The van der Waals surface area contributed by atoms with Crippen molar-refractivity contribution in [1.82, 2.24) is 10.3 Å². The summed E-state index contributed by atoms with van der Waals surface area (Å²) in [5.74, 6) is 0. The van der Waals surface area contributed by atoms with Gasteiger partial charge >= 0.3 is 0 Å². The molecule has 1 heterocycles. The molecule has 1 unspecified atom stereocenters. The smallest absolute Gasteiger partial charge is 0.0972 e. The van der Waals surface area contributed by atoms with Gasteiger partial charge in [-0.2, -0.15) is 0 Å². The molecular weight excluding hydrogens is 192 g/mol. The Hall–Kier alpha value is -0.970. The summed E-state index contributed by atoms with van der Waals surface area (Å²) in [6.45, 7) is 4.37. The molecule has 1 atom stereocenters. The van der Waals surface area contributed by atoms with Crippen molar-refractivity contribution in [2.45, 2.75) is 26.0 Å². The van der Waals surface area contributed by atoms with Gasteiger partial charge in [0.1, 0.15) is 0 Å². The van der Waals surface area contributed by atoms with Crippen molar-refractivity contribution in [2.24, 2.45) is 0 Å². The van der Waals surface area contributed by atoms with Gasteiger partial charge in [-0.15, -0.1) is 0 Å². The molecule has 4 nitrogen and oxygen atoms in total. The fraction of sp³-hybridized carbons (Fsp3) is 0.545. The fourth-order valence-corrected chi connectivity index (χ4v) is 1.20. The molecule has 1 rings (SSSR count). The quantitative estimate of drug-likeness (QED) is 0.650. The molecule has 1 aromatic rings. The molecule has 15 heavy (non-hydrogen) atoms. The van der Waals surface area contributed by atoms with Gasteiger partial charge < -0.3 is 15.5 Å². The number of nitrogens with zero attached hydrogens (tertiary/aromatic N) is 1. The lowest BCUT2D eigenvalue weighted by Gasteiger charge is -2.20. The Kier molecular flexibility index (Phi) is 4.20. The van der Waals surface area contributed by atoms with E-state index < -0.39 is 5.60 Å². The topological polar surface area (TPSA) is 65.4 Å². The summed E-state index contributed by atoms with van der Waals surface area (Å²) in [5, 5.41) is 21.5. The Labute approximate surface area is 90.0 Å². The molecule has 4 heteroatoms. The summed E-state index contributed by atoms with van der Waals surface area (Å²) in [6.07, 6.45) is 3.55. The Balaban J connectivity index is 2.42. The van der Waals surface area contributed by atoms with Crippen molar-refractivity contribution in [1.29, 1.82) is 0 Å². The number of aryl methyl sites for hydroxylation is 1. The number of hydrogen-bond donors (Lipinski definition) is 3. The van der Waals surface area contributed by atoms with Gasteiger partial charge in [-0.05, 0) is 31.0 Å². The standard InChI is InChI=1S/C11H18N2O2/c1-9-3-4-12-5-10(9)6-13-7-11(2,15)8-14/h3-5,13-15H,6-8H2,1-2H3. The fourth-order valence-electron chi connectivity index (χ4n) is 1.20. The third kappa shape index (κ3) is 3.95. The summed E-state index contributed by atoms with van der Waals surface area (Å²) in [7, 11) is 0. The van der Waals surface area contributed by atoms with E-state index in [1.165, 1.54) is 5.56 Å². The first kappa shape index (κ1) is 12.1. The zero-order valence-electron chi connectivity index (χ0n) is 9.20. The predicted octanol–water partition coefficient (Wildman–Crippen LogP) is 0.223. The highest BCUT2D eigenvalue weighted by atomic mass is 16.3. The molecule has 0 aliphatic heterocycles. The van der Waals surface area contributed by atoms with Crippen molar-refractivity contribution in [3.8, 4) is 0 Å². The molecule has 3 N–H and O–H groups in total. The number of nitrogens with one attached hydrogen (secondary N) is 1. The van der Waals surface area contributed by atoms with Gasteiger partial charge in [0.25, 0.3) is 0 Å². The molecule has 0 aliphatic carbocycles. The SMILES string of the molecule is Cc1ccncc1CNCC(C)(O)CO. The number of aliphatic hydroxyl groups is 2. The van der Waals surface area contributed by atoms with E-state index in [1.807, 2.05) is 13.0 Å². The van der Waals surface area contributed by atoms with Crippen LogP contribution in [0.5, 0.6) is 0 Å². The summed E-state index contributed by atoms with van der Waals surface area (Å²) in [5.41, 5.74) is 1.21. The lowest BCUT2D eigenvalue weighted by Crippen LogP contribution is -2.40. The predicted molar refractivity (Wildman–Crippen MR) is 58.4 cm³/mol. The molecule has 84 valence electrons. The van der Waals surface area contributed by atoms with Crippen LogP contribution in [0.4, 0.5) is 0 Å². The van der Waals surface area contributed by atoms with Crippen LogP contribution in [0.2, 0.25) is 0 Å². The Morgan fingerprint density at radius 1 is 1.53 bits per heavy atom. The van der Waals surface area contributed by atoms with Gasteiger partial charge in [0.2, 0.25) is 0 Å². The van der Waals surface area contributed by atoms with Crippen molar-refractivity contribution >= 4 is 0 Å². The van der Waals surface area contributed by atoms with E-state index in [4.69, 9.17) is 5.11 Å². The molecule has 0 radical (unpaired) electrons. The number of aliphatic hydroxyl groups excluding tert-OH is 1. The van der Waals surface area contributed by atoms with Gasteiger partial charge in [-0.3, -0.25) is 4.98 Å². The van der Waals surface area contributed by atoms with Crippen LogP contribution in [0.25, 0.3) is 0 Å². The van der Waals surface area contributed by atoms with E-state index in [1.54, 1.807) is 19.3 Å². The van der Waals surface area contributed by atoms with Crippen molar-refractivity contribution < 1.29 is 10.2 Å². The number of pyridine rings is 1. The van der Waals surface area contributed by atoms with Gasteiger partial charge in [0, 0.05) is 25.5 Å². The highest BCUT2D eigenvalue weighted by Crippen LogP contribution is 2.05. The van der Waals surface area contributed by atoms with Crippen LogP contribution in [-0.4, -0.2) is 33.9 Å². The van der Waals surface area contributed by atoms with E-state index in [-0.39, 0.29) is 6.61 Å². The van der Waals surface area contributed by atoms with Crippen LogP contribution in [0.15, 0.2) is 18.5 Å². The first-order chi connectivity index (χ1) is 7.05. The third-order valence-electron chi connectivity index (χ3n) is 2.31. The molecule has 0 spiro atoms. The molecule has 0 saturated carbocycles. The highest BCUT2D eigenvalue weighted by molar-refractivity contribution is 5.20. The van der Waals surface area contributed by atoms with E-state index >= 15 is 0 Å². The molecule has 0 saturated heterocycles. The third-order valence-corrected chi connectivity index (χ3v) is 2.31. The summed E-state index contributed by atoms with van der Waals surface area (Å²) in [4.78, 5) is 4.03. The Morgan fingerprint density at radius 2 is 2.27 bits per heavy atom. The van der Waals surface area contributed by atoms with Crippen molar-refractivity contribution in [2.75, 3.05) is 13.2 Å². The van der Waals surface area contributed by atoms with Crippen LogP contribution in [0, 0.1) is 6.92 Å². The lowest BCUT2D eigenvalue weighted by molar-refractivity contribution is 0.00252. The first-order valence-electron chi connectivity index (χ1n) is 4.98. The second kappa shape index (κ2) is 5.21. The molecule has 1 aromatic heterocycles. The number of hydrogen-bond acceptors (Lipinski definition) is 4. The minimum atomic E-state index is -1.06. The lowest BCUT2D eigenvalue weighted by atomic mass is 10.1. The molecule has 0 fully saturated rings. The molecule has 0 aliphatic rings. The largest absolute Gasteiger partial charge is 0.393 e. The van der Waals surface area contributed by atoms with E-state index in [0.29, 0.717) is 13.1 Å². The zero-order valence-corrected chi connectivity index (χ0v) is 9.20. The molecular formula is C11H18N2O2. The summed E-state index contributed by atoms with van der Waals surface area (Å²) >= 11 is 0. The van der Waals surface area contributed by atoms with E-state index in [0.717, 1.165) is 5.56 Å². The van der Waals surface area contributed by atoms with Crippen LogP contribution in [-0.2, 0) is 6.54 Å².